The lowest BCUT2D eigenvalue weighted by atomic mass is 10.2. The van der Waals surface area contributed by atoms with Crippen molar-refractivity contribution in [2.24, 2.45) is 5.10 Å². The molecule has 1 N–H and O–H groups in total. The highest BCUT2D eigenvalue weighted by Crippen LogP contribution is 2.28. The standard InChI is InChI=1S/C32H23N5O6/c1-20-8-2-5-11-25(20)34-30(38)19-42-27-15-14-23(37(40)41)16-22(27)18-33-36-31(29-17-21-9-3-7-13-28(21)43-29)35-26-12-6-4-10-24(26)32(36)39/h2-18H,19H2,1H3,(H,34,38). The first-order valence-corrected chi connectivity index (χ1v) is 13.2. The molecule has 212 valence electrons. The number of para-hydroxylation sites is 3. The number of carbonyl (C=O) groups excluding carboxylic acids is 1. The number of hydrogen-bond acceptors (Lipinski definition) is 8. The van der Waals surface area contributed by atoms with Gasteiger partial charge in [0, 0.05) is 28.8 Å². The van der Waals surface area contributed by atoms with Crippen LogP contribution >= 0.6 is 0 Å². The number of anilines is 1. The number of aryl methyl sites for hydroxylation is 1. The molecule has 0 aliphatic carbocycles. The highest BCUT2D eigenvalue weighted by molar-refractivity contribution is 5.93. The summed E-state index contributed by atoms with van der Waals surface area (Å²) in [6.07, 6.45) is 1.26. The molecule has 0 bridgehead atoms. The van der Waals surface area contributed by atoms with Gasteiger partial charge in [-0.25, -0.2) is 4.98 Å². The number of benzene rings is 4. The Morgan fingerprint density at radius 3 is 2.63 bits per heavy atom. The second-order valence-electron chi connectivity index (χ2n) is 9.59. The lowest BCUT2D eigenvalue weighted by Gasteiger charge is -2.11. The quantitative estimate of drug-likeness (QED) is 0.135. The molecule has 43 heavy (non-hydrogen) atoms. The second kappa shape index (κ2) is 11.4. The molecule has 2 heterocycles. The van der Waals surface area contributed by atoms with Gasteiger partial charge in [0.05, 0.1) is 22.0 Å². The lowest BCUT2D eigenvalue weighted by Crippen LogP contribution is -2.21. The second-order valence-corrected chi connectivity index (χ2v) is 9.59. The molecule has 0 unspecified atom stereocenters. The summed E-state index contributed by atoms with van der Waals surface area (Å²) in [6.45, 7) is 1.50. The molecule has 0 saturated heterocycles. The van der Waals surface area contributed by atoms with Crippen LogP contribution in [0.1, 0.15) is 11.1 Å². The highest BCUT2D eigenvalue weighted by atomic mass is 16.6. The van der Waals surface area contributed by atoms with Gasteiger partial charge in [0.15, 0.2) is 12.4 Å². The molecule has 11 heteroatoms. The zero-order valence-corrected chi connectivity index (χ0v) is 22.8. The molecule has 4 aromatic carbocycles. The van der Waals surface area contributed by atoms with Crippen molar-refractivity contribution < 1.29 is 18.9 Å². The zero-order chi connectivity index (χ0) is 29.9. The summed E-state index contributed by atoms with van der Waals surface area (Å²) in [7, 11) is 0. The van der Waals surface area contributed by atoms with E-state index in [1.54, 1.807) is 48.5 Å². The maximum atomic E-state index is 13.6. The van der Waals surface area contributed by atoms with Crippen LogP contribution in [0.3, 0.4) is 0 Å². The number of aromatic nitrogens is 2. The van der Waals surface area contributed by atoms with Gasteiger partial charge < -0.3 is 14.5 Å². The fraction of sp³-hybridized carbons (Fsp3) is 0.0625. The molecule has 0 aliphatic heterocycles. The van der Waals surface area contributed by atoms with E-state index < -0.39 is 16.4 Å². The predicted octanol–water partition coefficient (Wildman–Crippen LogP) is 5.93. The topological polar surface area (TPSA) is 142 Å². The van der Waals surface area contributed by atoms with Gasteiger partial charge in [-0.05, 0) is 48.9 Å². The number of nitrogens with one attached hydrogen (secondary N) is 1. The van der Waals surface area contributed by atoms with E-state index in [1.807, 2.05) is 37.3 Å². The Morgan fingerprint density at radius 1 is 1.05 bits per heavy atom. The minimum Gasteiger partial charge on any atom is -0.483 e. The van der Waals surface area contributed by atoms with E-state index in [-0.39, 0.29) is 29.4 Å². The third-order valence-electron chi connectivity index (χ3n) is 6.69. The molecular weight excluding hydrogens is 550 g/mol. The first kappa shape index (κ1) is 27.1. The van der Waals surface area contributed by atoms with E-state index in [0.29, 0.717) is 27.9 Å². The van der Waals surface area contributed by atoms with E-state index in [4.69, 9.17) is 9.15 Å². The monoisotopic (exact) mass is 573 g/mol. The van der Waals surface area contributed by atoms with Crippen LogP contribution < -0.4 is 15.6 Å². The summed E-state index contributed by atoms with van der Waals surface area (Å²) in [6, 6.07) is 27.1. The number of ether oxygens (including phenoxy) is 1. The van der Waals surface area contributed by atoms with Crippen LogP contribution in [0.5, 0.6) is 5.75 Å². The summed E-state index contributed by atoms with van der Waals surface area (Å²) in [5.41, 5.74) is 2.06. The number of hydrogen-bond donors (Lipinski definition) is 1. The van der Waals surface area contributed by atoms with E-state index in [9.17, 15) is 19.7 Å². The molecular formula is C32H23N5O6. The largest absolute Gasteiger partial charge is 0.483 e. The van der Waals surface area contributed by atoms with Crippen LogP contribution in [0, 0.1) is 17.0 Å². The highest BCUT2D eigenvalue weighted by Gasteiger charge is 2.18. The molecule has 6 rings (SSSR count). The van der Waals surface area contributed by atoms with E-state index >= 15 is 0 Å². The van der Waals surface area contributed by atoms with Gasteiger partial charge in [-0.1, -0.05) is 48.5 Å². The Balaban J connectivity index is 1.38. The van der Waals surface area contributed by atoms with Crippen molar-refractivity contribution >= 4 is 45.4 Å². The van der Waals surface area contributed by atoms with E-state index in [2.05, 4.69) is 15.4 Å². The van der Waals surface area contributed by atoms with Crippen LogP contribution in [0.25, 0.3) is 33.5 Å². The number of nitro groups is 1. The third kappa shape index (κ3) is 5.59. The number of nitrogens with zero attached hydrogens (tertiary/aromatic N) is 4. The molecule has 0 radical (unpaired) electrons. The SMILES string of the molecule is Cc1ccccc1NC(=O)COc1ccc([N+](=O)[O-])cc1C=Nn1c(-c2cc3ccccc3o2)nc2ccccc2c1=O. The predicted molar refractivity (Wildman–Crippen MR) is 163 cm³/mol. The molecule has 11 nitrogen and oxygen atoms in total. The Morgan fingerprint density at radius 2 is 1.81 bits per heavy atom. The maximum absolute atomic E-state index is 13.6. The van der Waals surface area contributed by atoms with Crippen LogP contribution in [-0.4, -0.2) is 33.3 Å². The number of nitro benzene ring substituents is 1. The molecule has 0 saturated carbocycles. The maximum Gasteiger partial charge on any atom is 0.282 e. The Hall–Kier alpha value is -6.10. The van der Waals surface area contributed by atoms with Crippen molar-refractivity contribution in [2.45, 2.75) is 6.92 Å². The minimum atomic E-state index is -0.560. The van der Waals surface area contributed by atoms with Gasteiger partial charge in [0.2, 0.25) is 5.82 Å². The van der Waals surface area contributed by atoms with Crippen molar-refractivity contribution in [3.63, 3.8) is 0 Å². The number of rotatable bonds is 8. The fourth-order valence-electron chi connectivity index (χ4n) is 4.53. The average molecular weight is 574 g/mol. The average Bonchev–Trinajstić information content (AvgIpc) is 3.45. The van der Waals surface area contributed by atoms with Crippen LogP contribution in [0.2, 0.25) is 0 Å². The number of carbonyl (C=O) groups is 1. The Labute approximate surface area is 243 Å². The number of furan rings is 1. The summed E-state index contributed by atoms with van der Waals surface area (Å²) in [5, 5.41) is 19.9. The number of fused-ring (bicyclic) bond motifs is 2. The summed E-state index contributed by atoms with van der Waals surface area (Å²) in [5.74, 6) is 0.185. The van der Waals surface area contributed by atoms with Crippen LogP contribution in [-0.2, 0) is 4.79 Å². The Bertz CT molecular complexity index is 2080. The molecule has 6 aromatic rings. The molecule has 0 fully saturated rings. The van der Waals surface area contributed by atoms with Gasteiger partial charge >= 0.3 is 0 Å². The van der Waals surface area contributed by atoms with Crippen molar-refractivity contribution in [1.82, 2.24) is 9.66 Å². The normalized spacial score (nSPS) is 11.3. The molecule has 2 aromatic heterocycles. The third-order valence-corrected chi connectivity index (χ3v) is 6.69. The first-order chi connectivity index (χ1) is 20.9. The van der Waals surface area contributed by atoms with Crippen molar-refractivity contribution in [3.05, 3.63) is 129 Å². The summed E-state index contributed by atoms with van der Waals surface area (Å²) >= 11 is 0. The summed E-state index contributed by atoms with van der Waals surface area (Å²) < 4.78 is 12.8. The first-order valence-electron chi connectivity index (χ1n) is 13.2. The smallest absolute Gasteiger partial charge is 0.282 e. The van der Waals surface area contributed by atoms with Gasteiger partial charge in [0.1, 0.15) is 11.3 Å². The number of non-ortho nitro benzene ring substituents is 1. The van der Waals surface area contributed by atoms with Crippen molar-refractivity contribution in [3.8, 4) is 17.3 Å². The molecule has 1 amide bonds. The van der Waals surface area contributed by atoms with Crippen LogP contribution in [0.4, 0.5) is 11.4 Å². The van der Waals surface area contributed by atoms with Crippen molar-refractivity contribution in [2.75, 3.05) is 11.9 Å². The van der Waals surface area contributed by atoms with Gasteiger partial charge in [0.25, 0.3) is 17.2 Å². The van der Waals surface area contributed by atoms with E-state index in [0.717, 1.165) is 15.6 Å². The van der Waals surface area contributed by atoms with Crippen molar-refractivity contribution in [1.29, 1.82) is 0 Å². The summed E-state index contributed by atoms with van der Waals surface area (Å²) in [4.78, 5) is 41.9. The van der Waals surface area contributed by atoms with Gasteiger partial charge in [-0.3, -0.25) is 19.7 Å². The molecule has 0 aliphatic rings. The minimum absolute atomic E-state index is 0.140. The zero-order valence-electron chi connectivity index (χ0n) is 22.8. The van der Waals surface area contributed by atoms with E-state index in [1.165, 1.54) is 24.4 Å². The van der Waals surface area contributed by atoms with Gasteiger partial charge in [-0.15, -0.1) is 0 Å². The lowest BCUT2D eigenvalue weighted by molar-refractivity contribution is -0.384. The fourth-order valence-corrected chi connectivity index (χ4v) is 4.53. The molecule has 0 atom stereocenters. The number of amides is 1. The van der Waals surface area contributed by atoms with Crippen LogP contribution in [0.15, 0.2) is 111 Å². The van der Waals surface area contributed by atoms with Gasteiger partial charge in [-0.2, -0.15) is 9.78 Å². The molecule has 0 spiro atoms. The Kier molecular flexibility index (Phi) is 7.19.